The maximum absolute atomic E-state index is 10.7. The number of aryl methyl sites for hydroxylation is 4. The number of hydrogen-bond acceptors (Lipinski definition) is 0. The van der Waals surface area contributed by atoms with Crippen LogP contribution in [-0.2, 0) is 26.2 Å². The molecule has 0 aliphatic rings. The van der Waals surface area contributed by atoms with Gasteiger partial charge in [0, 0.05) is 75.0 Å². The molecule has 0 bridgehead atoms. The van der Waals surface area contributed by atoms with E-state index in [1.807, 2.05) is 0 Å². The van der Waals surface area contributed by atoms with Crippen molar-refractivity contribution < 1.29 is 59.5 Å². The minimum Gasteiger partial charge on any atom is -0.354 e. The van der Waals surface area contributed by atoms with Crippen molar-refractivity contribution in [3.05, 3.63) is 98.1 Å². The molecule has 4 heterocycles. The molecule has 0 amide bonds. The summed E-state index contributed by atoms with van der Waals surface area (Å²) < 4.78 is 128. The first-order chi connectivity index (χ1) is 21.8. The number of nitrogens with zero attached hydrogens (tertiary/aromatic N) is 4. The Morgan fingerprint density at radius 3 is 0.917 bits per heavy atom. The second-order valence-corrected chi connectivity index (χ2v) is 15.1. The van der Waals surface area contributed by atoms with Crippen LogP contribution in [0.25, 0.3) is 11.1 Å². The average molecular weight is 747 g/mol. The molecule has 4 nitrogen and oxygen atoms in total. The molecule has 48 heavy (non-hydrogen) atoms. The first-order valence-corrected chi connectivity index (χ1v) is 19.2. The Morgan fingerprint density at radius 2 is 0.646 bits per heavy atom. The van der Waals surface area contributed by atoms with Gasteiger partial charge in [-0.15, -0.1) is 0 Å². The summed E-state index contributed by atoms with van der Waals surface area (Å²) >= 11 is 0. The van der Waals surface area contributed by atoms with Crippen molar-refractivity contribution in [1.82, 2.24) is 9.13 Å². The Balaban J connectivity index is 0.000000479. The van der Waals surface area contributed by atoms with Gasteiger partial charge in [-0.2, -0.15) is 0 Å². The largest absolute Gasteiger partial charge is 0.354 e. The van der Waals surface area contributed by atoms with Crippen LogP contribution in [0.1, 0.15) is 51.4 Å². The van der Waals surface area contributed by atoms with E-state index in [-0.39, 0.29) is 0 Å². The quantitative estimate of drug-likeness (QED) is 0.0499. The summed E-state index contributed by atoms with van der Waals surface area (Å²) in [4.78, 5) is 0. The summed E-state index contributed by atoms with van der Waals surface area (Å²) in [6.45, 7) is 4.48. The molecule has 274 valence electrons. The van der Waals surface area contributed by atoms with Gasteiger partial charge in [0.05, 0.1) is 0 Å². The molecular weight excluding hydrogens is 706 g/mol. The molecule has 0 radical (unpaired) electrons. The SMILES string of the molecule is F[P-](F)(F)(F)(F)F.F[P-](F)(F)(F)(F)F.c1ccn(CCCCCC[n+]2ccc(-c3cc[n+](CCCCCCn4cccc4)cc3)cc2)c1. The predicted octanol–water partition coefficient (Wildman–Crippen LogP) is 12.8. The van der Waals surface area contributed by atoms with Crippen LogP contribution in [0.15, 0.2) is 98.1 Å². The fraction of sp³-hybridized carbons (Fsp3) is 0.400. The Labute approximate surface area is 271 Å². The maximum Gasteiger partial charge on any atom is 0.169 e. The van der Waals surface area contributed by atoms with Crippen LogP contribution in [0.2, 0.25) is 0 Å². The molecule has 0 N–H and O–H groups in total. The van der Waals surface area contributed by atoms with E-state index in [9.17, 15) is 50.4 Å². The molecule has 0 unspecified atom stereocenters. The van der Waals surface area contributed by atoms with Crippen LogP contribution in [0.4, 0.5) is 50.4 Å². The van der Waals surface area contributed by atoms with Gasteiger partial charge in [0.25, 0.3) is 0 Å². The summed E-state index contributed by atoms with van der Waals surface area (Å²) in [5.41, 5.74) is 2.58. The van der Waals surface area contributed by atoms with Crippen LogP contribution < -0.4 is 9.13 Å². The first-order valence-electron chi connectivity index (χ1n) is 15.1. The number of pyridine rings is 2. The van der Waals surface area contributed by atoms with Gasteiger partial charge in [0.1, 0.15) is 13.1 Å². The molecule has 4 aromatic heterocycles. The molecule has 18 heteroatoms. The number of hydrogen-bond donors (Lipinski definition) is 0. The molecule has 4 rings (SSSR count). The second-order valence-electron chi connectivity index (χ2n) is 11.2. The Morgan fingerprint density at radius 1 is 0.396 bits per heavy atom. The van der Waals surface area contributed by atoms with Crippen LogP contribution in [0.3, 0.4) is 0 Å². The van der Waals surface area contributed by atoms with E-state index in [0.29, 0.717) is 0 Å². The van der Waals surface area contributed by atoms with Crippen molar-refractivity contribution in [2.75, 3.05) is 0 Å². The third kappa shape index (κ3) is 26.9. The third-order valence-electron chi connectivity index (χ3n) is 6.61. The van der Waals surface area contributed by atoms with Crippen LogP contribution in [-0.4, -0.2) is 9.13 Å². The number of aromatic nitrogens is 4. The van der Waals surface area contributed by atoms with Crippen molar-refractivity contribution in [3.63, 3.8) is 0 Å². The molecule has 0 aromatic carbocycles. The topological polar surface area (TPSA) is 17.6 Å². The van der Waals surface area contributed by atoms with E-state index in [1.165, 1.54) is 62.5 Å². The fourth-order valence-electron chi connectivity index (χ4n) is 4.52. The standard InChI is InChI=1S/C30H40N4.2F6P/c1(5-17-31-21-9-10-22-31)3-7-19-33-25-13-29(14-26-33)30-15-27-34(28-16-30)20-8-4-2-6-18-32-23-11-12-24-32;2*1-7(2,3,4,5)6/h9-16,21-28H,1-8,17-20H2;;/q+2;2*-1. The van der Waals surface area contributed by atoms with Crippen LogP contribution in [0.5, 0.6) is 0 Å². The van der Waals surface area contributed by atoms with E-state index >= 15 is 0 Å². The van der Waals surface area contributed by atoms with Crippen LogP contribution in [0, 0.1) is 0 Å². The fourth-order valence-corrected chi connectivity index (χ4v) is 4.52. The van der Waals surface area contributed by atoms with Gasteiger partial charge in [-0.1, -0.05) is 12.8 Å². The van der Waals surface area contributed by atoms with Gasteiger partial charge in [0.15, 0.2) is 24.8 Å². The number of unbranched alkanes of at least 4 members (excludes halogenated alkanes) is 6. The average Bonchev–Trinajstić information content (AvgIpc) is 3.65. The Bertz CT molecular complexity index is 1330. The van der Waals surface area contributed by atoms with Gasteiger partial charge in [-0.05, 0) is 61.1 Å². The molecule has 0 aliphatic heterocycles. The third-order valence-corrected chi connectivity index (χ3v) is 6.61. The zero-order valence-electron chi connectivity index (χ0n) is 25.9. The summed E-state index contributed by atoms with van der Waals surface area (Å²) in [5.74, 6) is 0. The summed E-state index contributed by atoms with van der Waals surface area (Å²) in [6.07, 6.45) is 27.7. The van der Waals surface area contributed by atoms with E-state index in [4.69, 9.17) is 0 Å². The zero-order valence-corrected chi connectivity index (χ0v) is 27.7. The second kappa shape index (κ2) is 15.2. The minimum atomic E-state index is -10.7. The summed E-state index contributed by atoms with van der Waals surface area (Å²) in [6, 6.07) is 17.4. The number of halogens is 12. The Kier molecular flexibility index (Phi) is 13.0. The van der Waals surface area contributed by atoms with E-state index < -0.39 is 15.6 Å². The van der Waals surface area contributed by atoms with Gasteiger partial charge < -0.3 is 9.13 Å². The Hall–Kier alpha value is -3.12. The summed E-state index contributed by atoms with van der Waals surface area (Å²) in [7, 11) is -21.3. The smallest absolute Gasteiger partial charge is 0.169 e. The molecule has 0 atom stereocenters. The normalized spacial score (nSPS) is 14.7. The minimum absolute atomic E-state index is 1.10. The molecule has 4 aromatic rings. The zero-order chi connectivity index (χ0) is 36.1. The predicted molar refractivity (Wildman–Crippen MR) is 165 cm³/mol. The molecule has 0 spiro atoms. The number of rotatable bonds is 15. The molecule has 0 saturated heterocycles. The van der Waals surface area contributed by atoms with E-state index in [1.54, 1.807) is 0 Å². The molecular formula is C30H40F12N4P2. The molecule has 0 aliphatic carbocycles. The van der Waals surface area contributed by atoms with Crippen molar-refractivity contribution in [2.24, 2.45) is 0 Å². The van der Waals surface area contributed by atoms with E-state index in [0.717, 1.165) is 26.2 Å². The monoisotopic (exact) mass is 746 g/mol. The van der Waals surface area contributed by atoms with Crippen molar-refractivity contribution >= 4 is 15.6 Å². The molecule has 0 saturated carbocycles. The molecule has 0 fully saturated rings. The summed E-state index contributed by atoms with van der Waals surface area (Å²) in [5, 5.41) is 0. The first kappa shape index (κ1) is 41.1. The van der Waals surface area contributed by atoms with Gasteiger partial charge in [-0.25, -0.2) is 9.13 Å². The van der Waals surface area contributed by atoms with Crippen LogP contribution >= 0.6 is 15.6 Å². The van der Waals surface area contributed by atoms with E-state index in [2.05, 4.69) is 116 Å². The van der Waals surface area contributed by atoms with Crippen molar-refractivity contribution in [2.45, 2.75) is 77.5 Å². The van der Waals surface area contributed by atoms with Gasteiger partial charge in [0.2, 0.25) is 0 Å². The van der Waals surface area contributed by atoms with Gasteiger partial charge in [-0.3, -0.25) is 0 Å². The van der Waals surface area contributed by atoms with Crippen molar-refractivity contribution in [1.29, 1.82) is 0 Å². The van der Waals surface area contributed by atoms with Gasteiger partial charge >= 0.3 is 66.0 Å². The van der Waals surface area contributed by atoms with Crippen molar-refractivity contribution in [3.8, 4) is 11.1 Å². The maximum atomic E-state index is 9.87.